The zero-order chi connectivity index (χ0) is 15.6. The Morgan fingerprint density at radius 3 is 3.00 bits per heavy atom. The minimum Gasteiger partial charge on any atom is -0.424 e. The molecule has 1 atom stereocenters. The lowest BCUT2D eigenvalue weighted by Gasteiger charge is -2.23. The van der Waals surface area contributed by atoms with E-state index in [9.17, 15) is 0 Å². The van der Waals surface area contributed by atoms with Crippen LogP contribution in [-0.4, -0.2) is 51.2 Å². The summed E-state index contributed by atoms with van der Waals surface area (Å²) < 4.78 is 5.77. The van der Waals surface area contributed by atoms with Crippen LogP contribution in [0.5, 0.6) is 0 Å². The Balaban J connectivity index is 1.29. The first-order valence-electron chi connectivity index (χ1n) is 8.41. The van der Waals surface area contributed by atoms with Gasteiger partial charge in [0.05, 0.1) is 6.54 Å². The molecular weight excluding hydrogens is 290 g/mol. The zero-order valence-electron chi connectivity index (χ0n) is 13.6. The van der Waals surface area contributed by atoms with Crippen LogP contribution < -0.4 is 0 Å². The number of aromatic nitrogens is 3. The van der Waals surface area contributed by atoms with Gasteiger partial charge in [-0.05, 0) is 37.9 Å². The lowest BCUT2D eigenvalue weighted by molar-refractivity contribution is 0.204. The molecule has 4 rings (SSSR count). The van der Waals surface area contributed by atoms with Crippen molar-refractivity contribution in [2.75, 3.05) is 20.1 Å². The van der Waals surface area contributed by atoms with Gasteiger partial charge in [0.2, 0.25) is 11.8 Å². The minimum atomic E-state index is 0.531. The van der Waals surface area contributed by atoms with Gasteiger partial charge in [0, 0.05) is 44.0 Å². The molecule has 1 saturated heterocycles. The Kier molecular flexibility index (Phi) is 4.10. The minimum absolute atomic E-state index is 0.531. The predicted octanol–water partition coefficient (Wildman–Crippen LogP) is 2.05. The monoisotopic (exact) mass is 313 g/mol. The second kappa shape index (κ2) is 6.37. The molecule has 2 fully saturated rings. The summed E-state index contributed by atoms with van der Waals surface area (Å²) in [6.45, 7) is 3.92. The van der Waals surface area contributed by atoms with Crippen LogP contribution in [0.2, 0.25) is 0 Å². The molecule has 0 amide bonds. The fourth-order valence-electron chi connectivity index (χ4n) is 3.23. The van der Waals surface area contributed by atoms with Crippen molar-refractivity contribution in [1.82, 2.24) is 25.0 Å². The normalized spacial score (nSPS) is 22.1. The fourth-order valence-corrected chi connectivity index (χ4v) is 3.23. The molecule has 0 N–H and O–H groups in total. The highest BCUT2D eigenvalue weighted by atomic mass is 16.4. The van der Waals surface area contributed by atoms with E-state index in [-0.39, 0.29) is 0 Å². The van der Waals surface area contributed by atoms with Crippen LogP contribution in [0.15, 0.2) is 28.9 Å². The van der Waals surface area contributed by atoms with Gasteiger partial charge in [-0.15, -0.1) is 10.2 Å². The van der Waals surface area contributed by atoms with Gasteiger partial charge >= 0.3 is 0 Å². The highest BCUT2D eigenvalue weighted by Crippen LogP contribution is 2.39. The molecule has 0 radical (unpaired) electrons. The van der Waals surface area contributed by atoms with Crippen LogP contribution in [0, 0.1) is 0 Å². The van der Waals surface area contributed by atoms with E-state index in [0.717, 1.165) is 38.0 Å². The number of likely N-dealkylation sites (tertiary alicyclic amines) is 1. The van der Waals surface area contributed by atoms with Crippen LogP contribution in [0.25, 0.3) is 0 Å². The number of hydrogen-bond donors (Lipinski definition) is 0. The van der Waals surface area contributed by atoms with Gasteiger partial charge in [-0.25, -0.2) is 0 Å². The van der Waals surface area contributed by atoms with Crippen LogP contribution in [0.1, 0.15) is 42.5 Å². The van der Waals surface area contributed by atoms with E-state index < -0.39 is 0 Å². The second-order valence-corrected chi connectivity index (χ2v) is 6.76. The van der Waals surface area contributed by atoms with E-state index in [0.29, 0.717) is 12.0 Å². The van der Waals surface area contributed by atoms with E-state index in [1.165, 1.54) is 24.8 Å². The van der Waals surface area contributed by atoms with Gasteiger partial charge in [-0.3, -0.25) is 14.8 Å². The molecular formula is C17H23N5O. The van der Waals surface area contributed by atoms with Crippen molar-refractivity contribution >= 4 is 0 Å². The predicted molar refractivity (Wildman–Crippen MR) is 85.7 cm³/mol. The molecule has 0 bridgehead atoms. The maximum atomic E-state index is 5.77. The second-order valence-electron chi connectivity index (χ2n) is 6.76. The molecule has 6 nitrogen and oxygen atoms in total. The molecule has 1 aliphatic carbocycles. The van der Waals surface area contributed by atoms with Gasteiger partial charge in [0.25, 0.3) is 0 Å². The topological polar surface area (TPSA) is 58.3 Å². The molecule has 0 spiro atoms. The molecule has 1 unspecified atom stereocenters. The smallest absolute Gasteiger partial charge is 0.230 e. The van der Waals surface area contributed by atoms with Gasteiger partial charge < -0.3 is 4.42 Å². The number of pyridine rings is 1. The molecule has 2 aromatic rings. The summed E-state index contributed by atoms with van der Waals surface area (Å²) in [6.07, 6.45) is 7.35. The summed E-state index contributed by atoms with van der Waals surface area (Å²) >= 11 is 0. The highest BCUT2D eigenvalue weighted by molar-refractivity contribution is 5.08. The van der Waals surface area contributed by atoms with Crippen LogP contribution in [0.4, 0.5) is 0 Å². The number of likely N-dealkylation sites (N-methyl/N-ethyl adjacent to an activating group) is 1. The number of nitrogens with zero attached hydrogens (tertiary/aromatic N) is 5. The molecule has 6 heteroatoms. The first-order chi connectivity index (χ1) is 11.3. The third-order valence-corrected chi connectivity index (χ3v) is 4.79. The average molecular weight is 313 g/mol. The zero-order valence-corrected chi connectivity index (χ0v) is 13.6. The van der Waals surface area contributed by atoms with Gasteiger partial charge in [0.15, 0.2) is 0 Å². The molecule has 1 aliphatic heterocycles. The van der Waals surface area contributed by atoms with Gasteiger partial charge in [-0.2, -0.15) is 0 Å². The Morgan fingerprint density at radius 1 is 1.30 bits per heavy atom. The Labute approximate surface area is 136 Å². The summed E-state index contributed by atoms with van der Waals surface area (Å²) in [7, 11) is 2.15. The Hall–Kier alpha value is -1.79. The first kappa shape index (κ1) is 14.8. The van der Waals surface area contributed by atoms with Crippen molar-refractivity contribution in [3.8, 4) is 0 Å². The van der Waals surface area contributed by atoms with E-state index >= 15 is 0 Å². The fraction of sp³-hybridized carbons (Fsp3) is 0.588. The SMILES string of the molecule is CN(Cc1nnc(C2CC2)o1)C1CCN(Cc2cccnc2)C1. The lowest BCUT2D eigenvalue weighted by atomic mass is 10.2. The summed E-state index contributed by atoms with van der Waals surface area (Å²) in [5.74, 6) is 2.11. The highest BCUT2D eigenvalue weighted by Gasteiger charge is 2.30. The third-order valence-electron chi connectivity index (χ3n) is 4.79. The maximum Gasteiger partial charge on any atom is 0.230 e. The van der Waals surface area contributed by atoms with Crippen LogP contribution >= 0.6 is 0 Å². The van der Waals surface area contributed by atoms with Crippen molar-refractivity contribution in [2.45, 2.75) is 44.3 Å². The summed E-state index contributed by atoms with van der Waals surface area (Å²) in [6, 6.07) is 4.69. The van der Waals surface area contributed by atoms with Crippen LogP contribution in [0.3, 0.4) is 0 Å². The van der Waals surface area contributed by atoms with Crippen LogP contribution in [-0.2, 0) is 13.1 Å². The van der Waals surface area contributed by atoms with Crippen molar-refractivity contribution in [1.29, 1.82) is 0 Å². The summed E-state index contributed by atoms with van der Waals surface area (Å²) in [5.41, 5.74) is 1.28. The van der Waals surface area contributed by atoms with Gasteiger partial charge in [-0.1, -0.05) is 6.07 Å². The quantitative estimate of drug-likeness (QED) is 0.813. The molecule has 3 heterocycles. The average Bonchev–Trinajstić information content (AvgIpc) is 3.13. The Morgan fingerprint density at radius 2 is 2.22 bits per heavy atom. The van der Waals surface area contributed by atoms with E-state index in [1.807, 2.05) is 18.5 Å². The summed E-state index contributed by atoms with van der Waals surface area (Å²) in [4.78, 5) is 9.02. The molecule has 1 saturated carbocycles. The van der Waals surface area contributed by atoms with E-state index in [2.05, 4.69) is 38.1 Å². The number of hydrogen-bond acceptors (Lipinski definition) is 6. The van der Waals surface area contributed by atoms with Crippen molar-refractivity contribution in [2.24, 2.45) is 0 Å². The van der Waals surface area contributed by atoms with Gasteiger partial charge in [0.1, 0.15) is 0 Å². The molecule has 0 aromatic carbocycles. The van der Waals surface area contributed by atoms with Crippen molar-refractivity contribution in [3.05, 3.63) is 41.9 Å². The first-order valence-corrected chi connectivity index (χ1v) is 8.41. The molecule has 122 valence electrons. The molecule has 2 aromatic heterocycles. The molecule has 2 aliphatic rings. The maximum absolute atomic E-state index is 5.77. The third kappa shape index (κ3) is 3.59. The van der Waals surface area contributed by atoms with Crippen molar-refractivity contribution < 1.29 is 4.42 Å². The Bertz CT molecular complexity index is 639. The standard InChI is InChI=1S/C17H23N5O/c1-21(12-16-19-20-17(23-16)14-4-5-14)15-6-8-22(11-15)10-13-3-2-7-18-9-13/h2-3,7,9,14-15H,4-6,8,10-12H2,1H3. The van der Waals surface area contributed by atoms with Crippen molar-refractivity contribution in [3.63, 3.8) is 0 Å². The molecule has 23 heavy (non-hydrogen) atoms. The number of rotatable bonds is 6. The lowest BCUT2D eigenvalue weighted by Crippen LogP contribution is -2.34. The largest absolute Gasteiger partial charge is 0.424 e. The van der Waals surface area contributed by atoms with E-state index in [1.54, 1.807) is 0 Å². The summed E-state index contributed by atoms with van der Waals surface area (Å²) in [5, 5.41) is 8.36. The van der Waals surface area contributed by atoms with E-state index in [4.69, 9.17) is 4.42 Å².